The molecule has 0 aliphatic carbocycles. The smallest absolute Gasteiger partial charge is 0.384 e. The maximum absolute atomic E-state index is 13.9. The maximum Gasteiger partial charge on any atom is 0.647 e. The highest BCUT2D eigenvalue weighted by atomic mass is 127. The minimum absolute atomic E-state index is 0.376. The summed E-state index contributed by atoms with van der Waals surface area (Å²) in [7, 11) is -4.15. The van der Waals surface area contributed by atoms with Crippen LogP contribution < -0.4 is 13.6 Å². The van der Waals surface area contributed by atoms with Gasteiger partial charge in [0, 0.05) is 0 Å². The minimum Gasteiger partial charge on any atom is -0.384 e. The number of para-hydroxylation sites is 3. The van der Waals surface area contributed by atoms with Crippen LogP contribution in [0.15, 0.2) is 68.0 Å². The van der Waals surface area contributed by atoms with Gasteiger partial charge in [-0.05, 0) is 152 Å². The molecule has 0 unspecified atom stereocenters. The van der Waals surface area contributed by atoms with E-state index in [-0.39, 0.29) is 0 Å². The molecule has 0 bridgehead atoms. The minimum atomic E-state index is -4.15. The van der Waals surface area contributed by atoms with Crippen LogP contribution in [-0.4, -0.2) is 0 Å². The van der Waals surface area contributed by atoms with Crippen LogP contribution in [0.25, 0.3) is 0 Å². The fourth-order valence-electron chi connectivity index (χ4n) is 2.10. The molecule has 0 saturated heterocycles. The van der Waals surface area contributed by atoms with Gasteiger partial charge in [0.2, 0.25) is 0 Å². The van der Waals surface area contributed by atoms with E-state index in [0.717, 1.165) is 10.7 Å². The normalized spacial score (nSPS) is 11.2. The SMILES string of the molecule is O=P(Oc1c(Br)cccc1I)(Oc1c(Br)cccc1I)Oc1c(Br)cccc1I. The number of benzene rings is 3. The first-order valence-corrected chi connectivity index (χ1v) is 14.8. The van der Waals surface area contributed by atoms with Crippen LogP contribution in [0.2, 0.25) is 0 Å². The summed E-state index contributed by atoms with van der Waals surface area (Å²) in [6.45, 7) is 0. The van der Waals surface area contributed by atoms with Crippen LogP contribution in [0, 0.1) is 10.7 Å². The van der Waals surface area contributed by atoms with Crippen molar-refractivity contribution in [3.05, 3.63) is 78.7 Å². The quantitative estimate of drug-likeness (QED) is 0.183. The van der Waals surface area contributed by atoms with Gasteiger partial charge in [-0.2, -0.15) is 4.57 Å². The highest BCUT2D eigenvalue weighted by molar-refractivity contribution is 14.1. The third-order valence-corrected chi connectivity index (χ3v) is 9.01. The summed E-state index contributed by atoms with van der Waals surface area (Å²) in [5.74, 6) is 1.13. The lowest BCUT2D eigenvalue weighted by Gasteiger charge is -2.22. The van der Waals surface area contributed by atoms with E-state index < -0.39 is 7.82 Å². The van der Waals surface area contributed by atoms with Gasteiger partial charge >= 0.3 is 7.82 Å². The number of rotatable bonds is 6. The molecule has 0 aliphatic heterocycles. The Labute approximate surface area is 234 Å². The van der Waals surface area contributed by atoms with Crippen LogP contribution in [0.5, 0.6) is 17.2 Å². The van der Waals surface area contributed by atoms with Crippen LogP contribution in [0.3, 0.4) is 0 Å². The highest BCUT2D eigenvalue weighted by Gasteiger charge is 2.37. The predicted octanol–water partition coefficient (Wildman–Crippen LogP) is 9.43. The zero-order chi connectivity index (χ0) is 21.2. The lowest BCUT2D eigenvalue weighted by atomic mass is 10.3. The van der Waals surface area contributed by atoms with Gasteiger partial charge in [0.25, 0.3) is 0 Å². The summed E-state index contributed by atoms with van der Waals surface area (Å²) in [5, 5.41) is 0. The third kappa shape index (κ3) is 6.25. The van der Waals surface area contributed by atoms with E-state index in [1.165, 1.54) is 0 Å². The van der Waals surface area contributed by atoms with Crippen molar-refractivity contribution < 1.29 is 18.1 Å². The first-order chi connectivity index (χ1) is 13.7. The van der Waals surface area contributed by atoms with Gasteiger partial charge in [0.15, 0.2) is 17.2 Å². The molecule has 0 amide bonds. The summed E-state index contributed by atoms with van der Waals surface area (Å²) in [6, 6.07) is 16.5. The molecule has 0 N–H and O–H groups in total. The second-order valence-electron chi connectivity index (χ2n) is 5.37. The fourth-order valence-corrected chi connectivity index (χ4v) is 8.65. The monoisotopic (exact) mass is 937 g/mol. The Morgan fingerprint density at radius 2 is 0.862 bits per heavy atom. The molecule has 0 radical (unpaired) electrons. The van der Waals surface area contributed by atoms with Crippen LogP contribution in [0.4, 0.5) is 0 Å². The van der Waals surface area contributed by atoms with Crippen molar-refractivity contribution in [1.82, 2.24) is 0 Å². The van der Waals surface area contributed by atoms with Crippen molar-refractivity contribution in [2.75, 3.05) is 0 Å². The average molecular weight is 941 g/mol. The summed E-state index contributed by atoms with van der Waals surface area (Å²) >= 11 is 16.7. The van der Waals surface area contributed by atoms with Gasteiger partial charge in [-0.3, -0.25) is 0 Å². The Morgan fingerprint density at radius 1 is 0.586 bits per heavy atom. The number of phosphoric ester groups is 1. The lowest BCUT2D eigenvalue weighted by Crippen LogP contribution is -2.10. The molecule has 0 heterocycles. The van der Waals surface area contributed by atoms with Gasteiger partial charge in [-0.25, -0.2) is 0 Å². The molecule has 0 aliphatic rings. The van der Waals surface area contributed by atoms with Crippen molar-refractivity contribution in [3.63, 3.8) is 0 Å². The van der Waals surface area contributed by atoms with E-state index in [4.69, 9.17) is 13.6 Å². The molecule has 11 heteroatoms. The van der Waals surface area contributed by atoms with E-state index in [0.29, 0.717) is 30.7 Å². The number of halogens is 6. The van der Waals surface area contributed by atoms with Gasteiger partial charge in [-0.15, -0.1) is 0 Å². The summed E-state index contributed by atoms with van der Waals surface area (Å²) in [4.78, 5) is 0. The van der Waals surface area contributed by atoms with Crippen molar-refractivity contribution in [2.24, 2.45) is 0 Å². The molecular weight excluding hydrogens is 932 g/mol. The molecular formula is C18H9Br3I3O4P. The summed E-state index contributed by atoms with van der Waals surface area (Å²) in [6.07, 6.45) is 0. The zero-order valence-corrected chi connectivity index (χ0v) is 26.2. The van der Waals surface area contributed by atoms with Crippen molar-refractivity contribution in [1.29, 1.82) is 0 Å². The Hall–Kier alpha value is 0.920. The average Bonchev–Trinajstić information content (AvgIpc) is 2.65. The maximum atomic E-state index is 13.9. The predicted molar refractivity (Wildman–Crippen MR) is 150 cm³/mol. The molecule has 0 fully saturated rings. The second kappa shape index (κ2) is 10.7. The molecule has 4 nitrogen and oxygen atoms in total. The number of phosphoric acid groups is 1. The second-order valence-corrected chi connectivity index (χ2v) is 12.9. The molecule has 3 aromatic rings. The van der Waals surface area contributed by atoms with Gasteiger partial charge in [0.1, 0.15) is 0 Å². The zero-order valence-electron chi connectivity index (χ0n) is 14.0. The third-order valence-electron chi connectivity index (χ3n) is 3.37. The molecule has 3 aromatic carbocycles. The van der Waals surface area contributed by atoms with Gasteiger partial charge in [-0.1, -0.05) is 18.2 Å². The standard InChI is InChI=1S/C18H9Br3I3O4P/c19-10-4-1-7-13(22)16(10)26-29(25,27-17-11(20)5-2-8-14(17)23)28-18-12(21)6-3-9-15(18)24/h1-9H. The van der Waals surface area contributed by atoms with Crippen molar-refractivity contribution in [2.45, 2.75) is 0 Å². The van der Waals surface area contributed by atoms with E-state index >= 15 is 0 Å². The number of hydrogen-bond acceptors (Lipinski definition) is 4. The van der Waals surface area contributed by atoms with Crippen LogP contribution in [0.1, 0.15) is 0 Å². The van der Waals surface area contributed by atoms with E-state index in [2.05, 4.69) is 116 Å². The molecule has 3 rings (SSSR count). The Kier molecular flexibility index (Phi) is 9.05. The molecule has 0 aromatic heterocycles. The number of hydrogen-bond donors (Lipinski definition) is 0. The van der Waals surface area contributed by atoms with E-state index in [1.807, 2.05) is 36.4 Å². The molecule has 29 heavy (non-hydrogen) atoms. The van der Waals surface area contributed by atoms with Crippen molar-refractivity contribution >= 4 is 123 Å². The first-order valence-electron chi connectivity index (χ1n) is 7.71. The van der Waals surface area contributed by atoms with Gasteiger partial charge < -0.3 is 13.6 Å². The van der Waals surface area contributed by atoms with Crippen LogP contribution in [-0.2, 0) is 4.57 Å². The first kappa shape index (κ1) is 24.6. The topological polar surface area (TPSA) is 44.8 Å². The fraction of sp³-hybridized carbons (Fsp3) is 0. The Morgan fingerprint density at radius 3 is 1.10 bits per heavy atom. The largest absolute Gasteiger partial charge is 0.647 e. The molecule has 152 valence electrons. The van der Waals surface area contributed by atoms with Gasteiger partial charge in [0.05, 0.1) is 24.1 Å². The molecule has 0 saturated carbocycles. The molecule has 0 spiro atoms. The summed E-state index contributed by atoms with van der Waals surface area (Å²) in [5.41, 5.74) is 0. The summed E-state index contributed by atoms with van der Waals surface area (Å²) < 4.78 is 35.8. The molecule has 0 atom stereocenters. The Balaban J connectivity index is 2.09. The highest BCUT2D eigenvalue weighted by Crippen LogP contribution is 2.55. The van der Waals surface area contributed by atoms with Crippen molar-refractivity contribution in [3.8, 4) is 17.2 Å². The van der Waals surface area contributed by atoms with E-state index in [9.17, 15) is 4.57 Å². The Bertz CT molecular complexity index is 916. The lowest BCUT2D eigenvalue weighted by molar-refractivity contribution is 0.294. The van der Waals surface area contributed by atoms with Crippen LogP contribution >= 0.6 is 123 Å². The van der Waals surface area contributed by atoms with E-state index in [1.54, 1.807) is 18.2 Å².